The van der Waals surface area contributed by atoms with E-state index in [1.54, 1.807) is 25.7 Å². The van der Waals surface area contributed by atoms with Crippen LogP contribution in [0.1, 0.15) is 32.8 Å². The number of benzene rings is 1. The number of likely N-dealkylation sites (tertiary alicyclic amines) is 1. The fraction of sp³-hybridized carbons (Fsp3) is 0.529. The van der Waals surface area contributed by atoms with Gasteiger partial charge in [0.25, 0.3) is 0 Å². The molecule has 6 heteroatoms. The molecule has 2 atom stereocenters. The van der Waals surface area contributed by atoms with Crippen LogP contribution in [-0.4, -0.2) is 46.3 Å². The SMILES string of the molecule is CC(C)(C)OC(=O)NC1CC(O)CN(Cc2ccccc2)C1=O. The summed E-state index contributed by atoms with van der Waals surface area (Å²) in [5, 5.41) is 12.6. The second kappa shape index (κ2) is 7.00. The van der Waals surface area contributed by atoms with Gasteiger partial charge in [0.1, 0.15) is 11.6 Å². The highest BCUT2D eigenvalue weighted by Crippen LogP contribution is 2.17. The molecular formula is C17H24N2O4. The van der Waals surface area contributed by atoms with Crippen molar-refractivity contribution in [3.63, 3.8) is 0 Å². The average Bonchev–Trinajstić information content (AvgIpc) is 2.43. The van der Waals surface area contributed by atoms with Gasteiger partial charge in [0.2, 0.25) is 5.91 Å². The van der Waals surface area contributed by atoms with E-state index >= 15 is 0 Å². The summed E-state index contributed by atoms with van der Waals surface area (Å²) in [4.78, 5) is 25.9. The van der Waals surface area contributed by atoms with Gasteiger partial charge in [0, 0.05) is 19.5 Å². The normalized spacial score (nSPS) is 21.9. The maximum Gasteiger partial charge on any atom is 0.408 e. The molecule has 6 nitrogen and oxygen atoms in total. The van der Waals surface area contributed by atoms with Gasteiger partial charge in [0.05, 0.1) is 6.10 Å². The summed E-state index contributed by atoms with van der Waals surface area (Å²) in [6.45, 7) is 5.94. The molecule has 2 rings (SSSR count). The number of piperidine rings is 1. The number of hydrogen-bond acceptors (Lipinski definition) is 4. The molecule has 126 valence electrons. The Morgan fingerprint density at radius 2 is 2.00 bits per heavy atom. The Labute approximate surface area is 136 Å². The topological polar surface area (TPSA) is 78.9 Å². The van der Waals surface area contributed by atoms with Gasteiger partial charge >= 0.3 is 6.09 Å². The average molecular weight is 320 g/mol. The Morgan fingerprint density at radius 3 is 2.61 bits per heavy atom. The summed E-state index contributed by atoms with van der Waals surface area (Å²) >= 11 is 0. The van der Waals surface area contributed by atoms with Gasteiger partial charge in [-0.1, -0.05) is 30.3 Å². The molecule has 1 aromatic rings. The summed E-state index contributed by atoms with van der Waals surface area (Å²) < 4.78 is 5.18. The molecule has 0 aliphatic carbocycles. The van der Waals surface area contributed by atoms with E-state index in [2.05, 4.69) is 5.32 Å². The Kier molecular flexibility index (Phi) is 5.26. The number of carbonyl (C=O) groups excluding carboxylic acids is 2. The predicted molar refractivity (Wildman–Crippen MR) is 85.6 cm³/mol. The number of amides is 2. The van der Waals surface area contributed by atoms with Crippen LogP contribution in [0.4, 0.5) is 4.79 Å². The van der Waals surface area contributed by atoms with Crippen LogP contribution in [0, 0.1) is 0 Å². The van der Waals surface area contributed by atoms with E-state index < -0.39 is 23.8 Å². The lowest BCUT2D eigenvalue weighted by Gasteiger charge is -2.35. The monoisotopic (exact) mass is 320 g/mol. The van der Waals surface area contributed by atoms with Gasteiger partial charge in [-0.25, -0.2) is 4.79 Å². The minimum absolute atomic E-state index is 0.198. The highest BCUT2D eigenvalue weighted by atomic mass is 16.6. The van der Waals surface area contributed by atoms with Crippen molar-refractivity contribution in [3.05, 3.63) is 35.9 Å². The highest BCUT2D eigenvalue weighted by Gasteiger charge is 2.35. The number of carbonyl (C=O) groups is 2. The quantitative estimate of drug-likeness (QED) is 0.888. The molecular weight excluding hydrogens is 296 g/mol. The van der Waals surface area contributed by atoms with Crippen LogP contribution in [0.2, 0.25) is 0 Å². The maximum absolute atomic E-state index is 12.5. The number of hydrogen-bond donors (Lipinski definition) is 2. The Morgan fingerprint density at radius 1 is 1.35 bits per heavy atom. The standard InChI is InChI=1S/C17H24N2O4/c1-17(2,3)23-16(22)18-14-9-13(20)11-19(15(14)21)10-12-7-5-4-6-8-12/h4-8,13-14,20H,9-11H2,1-3H3,(H,18,22). The molecule has 2 N–H and O–H groups in total. The molecule has 1 heterocycles. The van der Waals surface area contributed by atoms with Gasteiger partial charge in [-0.2, -0.15) is 0 Å². The highest BCUT2D eigenvalue weighted by molar-refractivity contribution is 5.86. The minimum Gasteiger partial charge on any atom is -0.444 e. The zero-order chi connectivity index (χ0) is 17.0. The van der Waals surface area contributed by atoms with Gasteiger partial charge < -0.3 is 20.1 Å². The van der Waals surface area contributed by atoms with Crippen molar-refractivity contribution in [2.24, 2.45) is 0 Å². The van der Waals surface area contributed by atoms with Crippen LogP contribution < -0.4 is 5.32 Å². The number of nitrogens with zero attached hydrogens (tertiary/aromatic N) is 1. The molecule has 1 fully saturated rings. The van der Waals surface area contributed by atoms with Gasteiger partial charge in [-0.3, -0.25) is 4.79 Å². The third kappa shape index (κ3) is 5.25. The van der Waals surface area contributed by atoms with E-state index in [-0.39, 0.29) is 18.9 Å². The van der Waals surface area contributed by atoms with Gasteiger partial charge in [-0.05, 0) is 26.3 Å². The van der Waals surface area contributed by atoms with E-state index in [9.17, 15) is 14.7 Å². The van der Waals surface area contributed by atoms with Crippen LogP contribution in [0.25, 0.3) is 0 Å². The van der Waals surface area contributed by atoms with Crippen molar-refractivity contribution in [3.8, 4) is 0 Å². The molecule has 1 saturated heterocycles. The largest absolute Gasteiger partial charge is 0.444 e. The van der Waals surface area contributed by atoms with Crippen molar-refractivity contribution in [2.45, 2.75) is 51.5 Å². The number of alkyl carbamates (subject to hydrolysis) is 1. The van der Waals surface area contributed by atoms with Crippen LogP contribution >= 0.6 is 0 Å². The van der Waals surface area contributed by atoms with Crippen molar-refractivity contribution in [1.29, 1.82) is 0 Å². The van der Waals surface area contributed by atoms with E-state index in [1.165, 1.54) is 0 Å². The third-order valence-corrected chi connectivity index (χ3v) is 3.46. The molecule has 0 bridgehead atoms. The van der Waals surface area contributed by atoms with Crippen molar-refractivity contribution < 1.29 is 19.4 Å². The number of ether oxygens (including phenoxy) is 1. The number of rotatable bonds is 3. The van der Waals surface area contributed by atoms with E-state index in [0.717, 1.165) is 5.56 Å². The molecule has 1 aliphatic heterocycles. The second-order valence-corrected chi connectivity index (χ2v) is 6.79. The smallest absolute Gasteiger partial charge is 0.408 e. The first-order chi connectivity index (χ1) is 10.7. The number of aliphatic hydroxyl groups is 1. The Hall–Kier alpha value is -2.08. The predicted octanol–water partition coefficient (Wildman–Crippen LogP) is 1.67. The van der Waals surface area contributed by atoms with Crippen molar-refractivity contribution in [1.82, 2.24) is 10.2 Å². The Balaban J connectivity index is 2.01. The van der Waals surface area contributed by atoms with Gasteiger partial charge in [0.15, 0.2) is 0 Å². The molecule has 2 unspecified atom stereocenters. The minimum atomic E-state index is -0.766. The van der Waals surface area contributed by atoms with E-state index in [0.29, 0.717) is 6.54 Å². The van der Waals surface area contributed by atoms with Crippen molar-refractivity contribution >= 4 is 12.0 Å². The first kappa shape index (κ1) is 17.3. The second-order valence-electron chi connectivity index (χ2n) is 6.79. The number of nitrogens with one attached hydrogen (secondary N) is 1. The first-order valence-electron chi connectivity index (χ1n) is 7.75. The van der Waals surface area contributed by atoms with Crippen LogP contribution in [-0.2, 0) is 16.1 Å². The zero-order valence-corrected chi connectivity index (χ0v) is 13.8. The molecule has 0 radical (unpaired) electrons. The van der Waals surface area contributed by atoms with Crippen LogP contribution in [0.5, 0.6) is 0 Å². The third-order valence-electron chi connectivity index (χ3n) is 3.46. The fourth-order valence-electron chi connectivity index (χ4n) is 2.53. The number of aliphatic hydroxyl groups excluding tert-OH is 1. The molecule has 0 aromatic heterocycles. The molecule has 1 aromatic carbocycles. The lowest BCUT2D eigenvalue weighted by Crippen LogP contribution is -2.56. The molecule has 0 saturated carbocycles. The lowest BCUT2D eigenvalue weighted by atomic mass is 10.0. The summed E-state index contributed by atoms with van der Waals surface area (Å²) in [5.74, 6) is -0.204. The number of β-amino-alcohol motifs (C(OH)–C–C–N with tert-alkyl or cyclic N) is 1. The van der Waals surface area contributed by atoms with Gasteiger partial charge in [-0.15, -0.1) is 0 Å². The summed E-state index contributed by atoms with van der Waals surface area (Å²) in [6, 6.07) is 8.78. The fourth-order valence-corrected chi connectivity index (χ4v) is 2.53. The summed E-state index contributed by atoms with van der Waals surface area (Å²) in [5.41, 5.74) is 0.343. The molecule has 2 amide bonds. The summed E-state index contributed by atoms with van der Waals surface area (Å²) in [6.07, 6.45) is -1.12. The molecule has 23 heavy (non-hydrogen) atoms. The Bertz CT molecular complexity index is 553. The van der Waals surface area contributed by atoms with Crippen LogP contribution in [0.15, 0.2) is 30.3 Å². The lowest BCUT2D eigenvalue weighted by molar-refractivity contribution is -0.140. The summed E-state index contributed by atoms with van der Waals surface area (Å²) in [7, 11) is 0. The van der Waals surface area contributed by atoms with Crippen LogP contribution in [0.3, 0.4) is 0 Å². The van der Waals surface area contributed by atoms with Crippen molar-refractivity contribution in [2.75, 3.05) is 6.54 Å². The molecule has 1 aliphatic rings. The van der Waals surface area contributed by atoms with E-state index in [4.69, 9.17) is 4.74 Å². The zero-order valence-electron chi connectivity index (χ0n) is 13.8. The maximum atomic E-state index is 12.5. The first-order valence-corrected chi connectivity index (χ1v) is 7.75. The molecule has 0 spiro atoms. The van der Waals surface area contributed by atoms with E-state index in [1.807, 2.05) is 30.3 Å².